The first-order valence-corrected chi connectivity index (χ1v) is 8.28. The molecule has 0 saturated carbocycles. The van der Waals surface area contributed by atoms with Gasteiger partial charge in [-0.05, 0) is 44.5 Å². The number of benzene rings is 1. The largest absolute Gasteiger partial charge is 0.449 e. The van der Waals surface area contributed by atoms with E-state index in [1.54, 1.807) is 6.92 Å². The molecule has 0 fully saturated rings. The smallest absolute Gasteiger partial charge is 0.338 e. The van der Waals surface area contributed by atoms with E-state index in [2.05, 4.69) is 4.72 Å². The normalized spacial score (nSPS) is 14.1. The van der Waals surface area contributed by atoms with E-state index in [0.717, 1.165) is 0 Å². The minimum atomic E-state index is -3.63. The van der Waals surface area contributed by atoms with Gasteiger partial charge in [0.1, 0.15) is 0 Å². The zero-order chi connectivity index (χ0) is 16.9. The van der Waals surface area contributed by atoms with Crippen molar-refractivity contribution in [1.82, 2.24) is 4.72 Å². The summed E-state index contributed by atoms with van der Waals surface area (Å²) in [6, 6.07) is 5.06. The quantitative estimate of drug-likeness (QED) is 0.718. The van der Waals surface area contributed by atoms with Gasteiger partial charge >= 0.3 is 5.97 Å². The molecule has 3 N–H and O–H groups in total. The van der Waals surface area contributed by atoms with Crippen LogP contribution in [-0.4, -0.2) is 32.4 Å². The molecule has 0 aliphatic carbocycles. The van der Waals surface area contributed by atoms with Gasteiger partial charge in [-0.2, -0.15) is 0 Å². The van der Waals surface area contributed by atoms with Crippen LogP contribution in [0.1, 0.15) is 37.6 Å². The zero-order valence-corrected chi connectivity index (χ0v) is 13.5. The molecule has 0 radical (unpaired) electrons. The van der Waals surface area contributed by atoms with Crippen LogP contribution in [0.4, 0.5) is 0 Å². The van der Waals surface area contributed by atoms with E-state index >= 15 is 0 Å². The molecule has 1 aromatic carbocycles. The van der Waals surface area contributed by atoms with E-state index in [4.69, 9.17) is 10.5 Å². The third-order valence-electron chi connectivity index (χ3n) is 3.05. The summed E-state index contributed by atoms with van der Waals surface area (Å²) in [5.41, 5.74) is 5.13. The fraction of sp³-hybridized carbons (Fsp3) is 0.429. The van der Waals surface area contributed by atoms with Crippen LogP contribution in [0, 0.1) is 0 Å². The van der Waals surface area contributed by atoms with Gasteiger partial charge in [-0.1, -0.05) is 6.92 Å². The van der Waals surface area contributed by atoms with Gasteiger partial charge in [0.05, 0.1) is 10.5 Å². The average molecular weight is 328 g/mol. The number of rotatable bonds is 7. The van der Waals surface area contributed by atoms with E-state index in [1.165, 1.54) is 31.2 Å². The molecular formula is C14H20N2O5S. The molecular weight excluding hydrogens is 308 g/mol. The second-order valence-electron chi connectivity index (χ2n) is 4.90. The van der Waals surface area contributed by atoms with Crippen molar-refractivity contribution in [3.05, 3.63) is 29.8 Å². The standard InChI is InChI=1S/C14H20N2O5S/c1-4-9(2)16-22(19,20)12-7-5-11(6-8-12)14(18)21-10(3)13(15)17/h5-10,16H,4H2,1-3H3,(H2,15,17)/t9-,10-/m0/s1. The van der Waals surface area contributed by atoms with Crippen molar-refractivity contribution in [3.8, 4) is 0 Å². The highest BCUT2D eigenvalue weighted by Gasteiger charge is 2.19. The van der Waals surface area contributed by atoms with Gasteiger partial charge in [0, 0.05) is 6.04 Å². The van der Waals surface area contributed by atoms with Crippen molar-refractivity contribution < 1.29 is 22.7 Å². The van der Waals surface area contributed by atoms with E-state index in [9.17, 15) is 18.0 Å². The van der Waals surface area contributed by atoms with Crippen molar-refractivity contribution >= 4 is 21.9 Å². The van der Waals surface area contributed by atoms with Crippen LogP contribution < -0.4 is 10.5 Å². The van der Waals surface area contributed by atoms with Gasteiger partial charge in [0.2, 0.25) is 10.0 Å². The molecule has 0 unspecified atom stereocenters. The molecule has 1 aromatic rings. The molecule has 0 spiro atoms. The summed E-state index contributed by atoms with van der Waals surface area (Å²) >= 11 is 0. The molecule has 122 valence electrons. The third-order valence-corrected chi connectivity index (χ3v) is 4.66. The molecule has 8 heteroatoms. The predicted molar refractivity (Wildman–Crippen MR) is 80.6 cm³/mol. The van der Waals surface area contributed by atoms with E-state index in [0.29, 0.717) is 6.42 Å². The maximum absolute atomic E-state index is 12.1. The van der Waals surface area contributed by atoms with Crippen LogP contribution in [0.25, 0.3) is 0 Å². The monoisotopic (exact) mass is 328 g/mol. The SMILES string of the molecule is CC[C@H](C)NS(=O)(=O)c1ccc(C(=O)O[C@@H](C)C(N)=O)cc1. The van der Waals surface area contributed by atoms with Crippen LogP contribution in [0.5, 0.6) is 0 Å². The minimum absolute atomic E-state index is 0.0484. The summed E-state index contributed by atoms with van der Waals surface area (Å²) in [7, 11) is -3.63. The van der Waals surface area contributed by atoms with E-state index < -0.39 is 28.0 Å². The van der Waals surface area contributed by atoms with Crippen LogP contribution in [0.3, 0.4) is 0 Å². The van der Waals surface area contributed by atoms with Crippen molar-refractivity contribution in [3.63, 3.8) is 0 Å². The third kappa shape index (κ3) is 4.81. The Kier molecular flexibility index (Phi) is 6.07. The number of carbonyl (C=O) groups excluding carboxylic acids is 2. The highest BCUT2D eigenvalue weighted by atomic mass is 32.2. The minimum Gasteiger partial charge on any atom is -0.449 e. The number of hydrogen-bond acceptors (Lipinski definition) is 5. The molecule has 0 saturated heterocycles. The van der Waals surface area contributed by atoms with Gasteiger partial charge < -0.3 is 10.5 Å². The molecule has 0 bridgehead atoms. The van der Waals surface area contributed by atoms with Gasteiger partial charge in [-0.3, -0.25) is 4.79 Å². The first kappa shape index (κ1) is 18.1. The molecule has 22 heavy (non-hydrogen) atoms. The molecule has 1 rings (SSSR count). The molecule has 0 aliphatic heterocycles. The lowest BCUT2D eigenvalue weighted by Gasteiger charge is -2.13. The first-order chi connectivity index (χ1) is 10.2. The number of primary amides is 1. The van der Waals surface area contributed by atoms with Gasteiger partial charge in [0.15, 0.2) is 6.10 Å². The predicted octanol–water partition coefficient (Wildman–Crippen LogP) is 0.794. The topological polar surface area (TPSA) is 116 Å². The lowest BCUT2D eigenvalue weighted by molar-refractivity contribution is -0.125. The van der Waals surface area contributed by atoms with Crippen molar-refractivity contribution in [1.29, 1.82) is 0 Å². The van der Waals surface area contributed by atoms with Gasteiger partial charge in [-0.25, -0.2) is 17.9 Å². The molecule has 0 heterocycles. The van der Waals surface area contributed by atoms with Gasteiger partial charge in [-0.15, -0.1) is 0 Å². The lowest BCUT2D eigenvalue weighted by Crippen LogP contribution is -2.32. The maximum Gasteiger partial charge on any atom is 0.338 e. The van der Waals surface area contributed by atoms with Crippen molar-refractivity contribution in [2.24, 2.45) is 5.73 Å². The number of nitrogens with one attached hydrogen (secondary N) is 1. The lowest BCUT2D eigenvalue weighted by atomic mass is 10.2. The maximum atomic E-state index is 12.1. The summed E-state index contributed by atoms with van der Waals surface area (Å²) in [6.07, 6.45) is -0.391. The average Bonchev–Trinajstić information content (AvgIpc) is 2.46. The van der Waals surface area contributed by atoms with Crippen LogP contribution in [-0.2, 0) is 19.6 Å². The number of nitrogens with two attached hydrogens (primary N) is 1. The van der Waals surface area contributed by atoms with Gasteiger partial charge in [0.25, 0.3) is 5.91 Å². The molecule has 1 amide bonds. The number of ether oxygens (including phenoxy) is 1. The number of amides is 1. The van der Waals surface area contributed by atoms with Crippen LogP contribution in [0.15, 0.2) is 29.2 Å². The van der Waals surface area contributed by atoms with Crippen molar-refractivity contribution in [2.45, 2.75) is 44.2 Å². The van der Waals surface area contributed by atoms with Crippen LogP contribution >= 0.6 is 0 Å². The number of sulfonamides is 1. The van der Waals surface area contributed by atoms with Crippen LogP contribution in [0.2, 0.25) is 0 Å². The summed E-state index contributed by atoms with van der Waals surface area (Å²) < 4.78 is 31.5. The number of esters is 1. The Hall–Kier alpha value is -1.93. The zero-order valence-electron chi connectivity index (χ0n) is 12.7. The summed E-state index contributed by atoms with van der Waals surface area (Å²) in [5.74, 6) is -1.50. The molecule has 0 aliphatic rings. The summed E-state index contributed by atoms with van der Waals surface area (Å²) in [6.45, 7) is 4.98. The Morgan fingerprint density at radius 1 is 1.23 bits per heavy atom. The number of carbonyl (C=O) groups is 2. The summed E-state index contributed by atoms with van der Waals surface area (Å²) in [5, 5.41) is 0. The Morgan fingerprint density at radius 2 is 1.77 bits per heavy atom. The van der Waals surface area contributed by atoms with E-state index in [-0.39, 0.29) is 16.5 Å². The Labute approximate surface area is 129 Å². The second kappa shape index (κ2) is 7.37. The Morgan fingerprint density at radius 3 is 2.23 bits per heavy atom. The fourth-order valence-corrected chi connectivity index (χ4v) is 2.80. The molecule has 0 aromatic heterocycles. The number of hydrogen-bond donors (Lipinski definition) is 2. The highest BCUT2D eigenvalue weighted by molar-refractivity contribution is 7.89. The highest BCUT2D eigenvalue weighted by Crippen LogP contribution is 2.13. The second-order valence-corrected chi connectivity index (χ2v) is 6.62. The Balaban J connectivity index is 2.86. The fourth-order valence-electron chi connectivity index (χ4n) is 1.47. The first-order valence-electron chi connectivity index (χ1n) is 6.80. The van der Waals surface area contributed by atoms with E-state index in [1.807, 2.05) is 6.92 Å². The molecule has 2 atom stereocenters. The molecule has 7 nitrogen and oxygen atoms in total. The summed E-state index contributed by atoms with van der Waals surface area (Å²) in [4.78, 5) is 22.6. The Bertz CT molecular complexity index is 640. The van der Waals surface area contributed by atoms with Crippen molar-refractivity contribution in [2.75, 3.05) is 0 Å².